The summed E-state index contributed by atoms with van der Waals surface area (Å²) < 4.78 is 54.1. The summed E-state index contributed by atoms with van der Waals surface area (Å²) in [6.07, 6.45) is -2.17. The lowest BCUT2D eigenvalue weighted by molar-refractivity contribution is -0.148. The number of amides is 2. The normalized spacial score (nSPS) is 17.9. The molecule has 11 heteroatoms. The maximum absolute atomic E-state index is 13.9. The van der Waals surface area contributed by atoms with E-state index in [0.29, 0.717) is 4.90 Å². The van der Waals surface area contributed by atoms with Gasteiger partial charge < -0.3 is 10.2 Å². The molecule has 0 bridgehead atoms. The zero-order valence-electron chi connectivity index (χ0n) is 16.7. The predicted molar refractivity (Wildman–Crippen MR) is 107 cm³/mol. The quantitative estimate of drug-likeness (QED) is 0.580. The van der Waals surface area contributed by atoms with Crippen molar-refractivity contribution >= 4 is 17.5 Å². The van der Waals surface area contributed by atoms with Crippen LogP contribution >= 0.6 is 0 Å². The van der Waals surface area contributed by atoms with Crippen molar-refractivity contribution < 1.29 is 27.2 Å². The fraction of sp³-hybridized carbons (Fsp3) is 0.182. The summed E-state index contributed by atoms with van der Waals surface area (Å²) in [6.45, 7) is -1.58. The highest BCUT2D eigenvalue weighted by atomic mass is 19.4. The van der Waals surface area contributed by atoms with Gasteiger partial charge in [-0.15, -0.1) is 0 Å². The third-order valence-electron chi connectivity index (χ3n) is 5.23. The molecular weight excluding hydrogens is 442 g/mol. The number of nitrogens with zero attached hydrogens (tertiary/aromatic N) is 3. The molecule has 33 heavy (non-hydrogen) atoms. The van der Waals surface area contributed by atoms with Gasteiger partial charge in [0.25, 0.3) is 5.91 Å². The lowest BCUT2D eigenvalue weighted by Crippen LogP contribution is -2.49. The van der Waals surface area contributed by atoms with Gasteiger partial charge in [-0.2, -0.15) is 23.5 Å². The van der Waals surface area contributed by atoms with Crippen molar-refractivity contribution in [1.82, 2.24) is 15.1 Å². The van der Waals surface area contributed by atoms with Crippen LogP contribution in [-0.2, 0) is 4.79 Å². The number of aromatic nitrogens is 2. The van der Waals surface area contributed by atoms with E-state index in [2.05, 4.69) is 15.5 Å². The molecule has 0 radical (unpaired) electrons. The average Bonchev–Trinajstić information content (AvgIpc) is 3.28. The average molecular weight is 457 g/mol. The minimum Gasteiger partial charge on any atom is -0.325 e. The first-order valence-electron chi connectivity index (χ1n) is 9.65. The number of halogens is 4. The molecule has 1 aliphatic heterocycles. The third kappa shape index (κ3) is 4.41. The van der Waals surface area contributed by atoms with E-state index in [-0.39, 0.29) is 27.9 Å². The largest absolute Gasteiger partial charge is 0.406 e. The molecule has 0 saturated heterocycles. The molecule has 0 spiro atoms. The summed E-state index contributed by atoms with van der Waals surface area (Å²) in [5, 5.41) is 17.8. The van der Waals surface area contributed by atoms with E-state index in [1.165, 1.54) is 36.7 Å². The van der Waals surface area contributed by atoms with Crippen LogP contribution in [0.3, 0.4) is 0 Å². The molecule has 2 N–H and O–H groups in total. The van der Waals surface area contributed by atoms with Crippen LogP contribution in [0, 0.1) is 17.1 Å². The zero-order chi connectivity index (χ0) is 23.8. The van der Waals surface area contributed by atoms with Gasteiger partial charge in [0.15, 0.2) is 0 Å². The minimum atomic E-state index is -4.73. The van der Waals surface area contributed by atoms with Gasteiger partial charge in [0.1, 0.15) is 12.4 Å². The van der Waals surface area contributed by atoms with E-state index >= 15 is 0 Å². The maximum Gasteiger partial charge on any atom is 0.406 e. The second-order valence-corrected chi connectivity index (χ2v) is 7.42. The van der Waals surface area contributed by atoms with Gasteiger partial charge in [0, 0.05) is 23.0 Å². The standard InChI is InChI=1S/C22H15F4N5O2/c23-14-5-12(8-27)6-15(7-14)30-20(32)18-16-3-1-2-4-17(16)21(33)31(11-22(24,25)26)19(18)13-9-28-29-10-13/h1-7,9-10,18-19H,11H2,(H,28,29)(H,30,32)/t18-,19+/m0/s1. The van der Waals surface area contributed by atoms with Crippen LogP contribution in [0.2, 0.25) is 0 Å². The molecule has 2 amide bonds. The first-order valence-corrected chi connectivity index (χ1v) is 9.65. The van der Waals surface area contributed by atoms with Gasteiger partial charge in [-0.1, -0.05) is 18.2 Å². The molecule has 3 aromatic rings. The van der Waals surface area contributed by atoms with E-state index in [1.54, 1.807) is 12.1 Å². The zero-order valence-corrected chi connectivity index (χ0v) is 16.7. The van der Waals surface area contributed by atoms with Gasteiger partial charge in [-0.05, 0) is 29.8 Å². The highest BCUT2D eigenvalue weighted by Crippen LogP contribution is 2.44. The van der Waals surface area contributed by atoms with Crippen molar-refractivity contribution in [2.75, 3.05) is 11.9 Å². The monoisotopic (exact) mass is 457 g/mol. The summed E-state index contributed by atoms with van der Waals surface area (Å²) in [4.78, 5) is 27.0. The number of anilines is 1. The van der Waals surface area contributed by atoms with E-state index in [9.17, 15) is 27.2 Å². The second-order valence-electron chi connectivity index (χ2n) is 7.42. The number of aromatic amines is 1. The summed E-state index contributed by atoms with van der Waals surface area (Å²) in [5.41, 5.74) is 0.285. The molecule has 0 saturated carbocycles. The van der Waals surface area contributed by atoms with E-state index < -0.39 is 42.3 Å². The fourth-order valence-electron chi connectivity index (χ4n) is 3.98. The van der Waals surface area contributed by atoms with Crippen molar-refractivity contribution in [2.24, 2.45) is 0 Å². The SMILES string of the molecule is N#Cc1cc(F)cc(NC(=O)[C@H]2c3ccccc3C(=O)N(CC(F)(F)F)[C@@H]2c2cn[nH]c2)c1. The Kier molecular flexibility index (Phi) is 5.59. The van der Waals surface area contributed by atoms with Gasteiger partial charge in [-0.25, -0.2) is 4.39 Å². The Morgan fingerprint density at radius 3 is 2.67 bits per heavy atom. The second kappa shape index (κ2) is 8.38. The number of fused-ring (bicyclic) bond motifs is 1. The Morgan fingerprint density at radius 2 is 2.00 bits per heavy atom. The lowest BCUT2D eigenvalue weighted by Gasteiger charge is -2.41. The molecule has 2 atom stereocenters. The van der Waals surface area contributed by atoms with Gasteiger partial charge in [0.2, 0.25) is 5.91 Å². The van der Waals surface area contributed by atoms with E-state index in [0.717, 1.165) is 12.1 Å². The lowest BCUT2D eigenvalue weighted by atomic mass is 9.79. The summed E-state index contributed by atoms with van der Waals surface area (Å²) in [7, 11) is 0. The highest BCUT2D eigenvalue weighted by Gasteiger charge is 2.48. The molecule has 1 aliphatic rings. The first-order chi connectivity index (χ1) is 15.7. The van der Waals surface area contributed by atoms with Crippen LogP contribution in [0.15, 0.2) is 54.9 Å². The maximum atomic E-state index is 13.9. The Balaban J connectivity index is 1.83. The summed E-state index contributed by atoms with van der Waals surface area (Å²) in [5.74, 6) is -3.69. The molecule has 168 valence electrons. The number of nitrogens with one attached hydrogen (secondary N) is 2. The molecule has 2 aromatic carbocycles. The van der Waals surface area contributed by atoms with Crippen LogP contribution in [0.5, 0.6) is 0 Å². The number of alkyl halides is 3. The van der Waals surface area contributed by atoms with Crippen molar-refractivity contribution in [1.29, 1.82) is 5.26 Å². The van der Waals surface area contributed by atoms with E-state index in [1.807, 2.05) is 0 Å². The van der Waals surface area contributed by atoms with Crippen LogP contribution < -0.4 is 5.32 Å². The number of rotatable bonds is 4. The Bertz CT molecular complexity index is 1250. The van der Waals surface area contributed by atoms with Gasteiger partial charge >= 0.3 is 6.18 Å². The summed E-state index contributed by atoms with van der Waals surface area (Å²) >= 11 is 0. The Labute approximate surface area is 184 Å². The van der Waals surface area contributed by atoms with Crippen molar-refractivity contribution in [3.05, 3.63) is 82.9 Å². The van der Waals surface area contributed by atoms with Crippen molar-refractivity contribution in [3.63, 3.8) is 0 Å². The number of H-pyrrole nitrogens is 1. The molecule has 0 aliphatic carbocycles. The molecule has 4 rings (SSSR count). The number of carbonyl (C=O) groups excluding carboxylic acids is 2. The molecular formula is C22H15F4N5O2. The fourth-order valence-corrected chi connectivity index (χ4v) is 3.98. The highest BCUT2D eigenvalue weighted by molar-refractivity contribution is 6.04. The predicted octanol–water partition coefficient (Wildman–Crippen LogP) is 3.90. The van der Waals surface area contributed by atoms with Crippen molar-refractivity contribution in [3.8, 4) is 6.07 Å². The first kappa shape index (κ1) is 22.0. The Hall–Kier alpha value is -4.20. The number of benzene rings is 2. The molecule has 0 unspecified atom stereocenters. The van der Waals surface area contributed by atoms with Gasteiger partial charge in [0.05, 0.1) is 29.8 Å². The summed E-state index contributed by atoms with van der Waals surface area (Å²) in [6, 6.07) is 9.52. The van der Waals surface area contributed by atoms with Crippen LogP contribution in [0.25, 0.3) is 0 Å². The molecule has 7 nitrogen and oxygen atoms in total. The van der Waals surface area contributed by atoms with Crippen LogP contribution in [-0.4, -0.2) is 39.6 Å². The molecule has 2 heterocycles. The molecule has 1 aromatic heterocycles. The number of hydrogen-bond donors (Lipinski definition) is 2. The van der Waals surface area contributed by atoms with Crippen LogP contribution in [0.4, 0.5) is 23.2 Å². The molecule has 0 fully saturated rings. The number of hydrogen-bond acceptors (Lipinski definition) is 4. The number of nitriles is 1. The van der Waals surface area contributed by atoms with Crippen LogP contribution in [0.1, 0.15) is 39.0 Å². The van der Waals surface area contributed by atoms with E-state index in [4.69, 9.17) is 5.26 Å². The number of carbonyl (C=O) groups is 2. The topological polar surface area (TPSA) is 102 Å². The smallest absolute Gasteiger partial charge is 0.325 e. The van der Waals surface area contributed by atoms with Crippen molar-refractivity contribution in [2.45, 2.75) is 18.1 Å². The van der Waals surface area contributed by atoms with Gasteiger partial charge in [-0.3, -0.25) is 14.7 Å². The Morgan fingerprint density at radius 1 is 1.24 bits per heavy atom. The minimum absolute atomic E-state index is 0.0424. The third-order valence-corrected chi connectivity index (χ3v) is 5.23.